The van der Waals surface area contributed by atoms with Crippen molar-refractivity contribution in [2.75, 3.05) is 13.7 Å². The summed E-state index contributed by atoms with van der Waals surface area (Å²) >= 11 is 0. The Morgan fingerprint density at radius 2 is 1.83 bits per heavy atom. The zero-order valence-electron chi connectivity index (χ0n) is 13.0. The fraction of sp³-hybridized carbons (Fsp3) is 0.929. The minimum Gasteiger partial charge on any atom is -0.383 e. The molecule has 0 spiro atoms. The highest BCUT2D eigenvalue weighted by Crippen LogP contribution is 2.08. The molecular weight excluding hydrogens is 228 g/mol. The van der Waals surface area contributed by atoms with E-state index >= 15 is 0 Å². The van der Waals surface area contributed by atoms with E-state index in [2.05, 4.69) is 31.4 Å². The quantitative estimate of drug-likeness (QED) is 0.699. The predicted molar refractivity (Wildman–Crippen MR) is 75.6 cm³/mol. The van der Waals surface area contributed by atoms with Gasteiger partial charge in [0.1, 0.15) is 0 Å². The van der Waals surface area contributed by atoms with Crippen LogP contribution in [-0.4, -0.2) is 37.2 Å². The van der Waals surface area contributed by atoms with Gasteiger partial charge < -0.3 is 15.4 Å². The largest absolute Gasteiger partial charge is 0.383 e. The Bertz CT molecular complexity index is 252. The smallest absolute Gasteiger partial charge is 0.237 e. The number of carbonyl (C=O) groups is 1. The molecule has 2 atom stereocenters. The van der Waals surface area contributed by atoms with Crippen molar-refractivity contribution in [3.05, 3.63) is 0 Å². The first-order chi connectivity index (χ1) is 8.23. The molecule has 0 aromatic rings. The Labute approximate surface area is 112 Å². The minimum atomic E-state index is -0.210. The Morgan fingerprint density at radius 3 is 2.22 bits per heavy atom. The summed E-state index contributed by atoms with van der Waals surface area (Å²) in [6, 6.07) is -0.0149. The van der Waals surface area contributed by atoms with E-state index in [1.807, 2.05) is 20.8 Å². The molecule has 0 rings (SSSR count). The van der Waals surface area contributed by atoms with Gasteiger partial charge in [0.2, 0.25) is 5.91 Å². The summed E-state index contributed by atoms with van der Waals surface area (Å²) in [5, 5.41) is 6.38. The highest BCUT2D eigenvalue weighted by atomic mass is 16.5. The standard InChI is InChI=1S/C14H30N2O2/c1-8-14(5,6)16-13(17)11(4)15-12(9-18-7)10(2)3/h10-12,15H,8-9H2,1-7H3,(H,16,17). The van der Waals surface area contributed by atoms with Crippen molar-refractivity contribution < 1.29 is 9.53 Å². The second-order valence-corrected chi connectivity index (χ2v) is 5.92. The molecule has 0 aromatic heterocycles. The van der Waals surface area contributed by atoms with Crippen molar-refractivity contribution >= 4 is 5.91 Å². The zero-order valence-corrected chi connectivity index (χ0v) is 13.0. The summed E-state index contributed by atoms with van der Waals surface area (Å²) < 4.78 is 5.17. The zero-order chi connectivity index (χ0) is 14.3. The summed E-state index contributed by atoms with van der Waals surface area (Å²) in [4.78, 5) is 12.1. The summed E-state index contributed by atoms with van der Waals surface area (Å²) in [6.45, 7) is 12.9. The van der Waals surface area contributed by atoms with Crippen molar-refractivity contribution in [3.8, 4) is 0 Å². The van der Waals surface area contributed by atoms with Gasteiger partial charge in [-0.25, -0.2) is 0 Å². The molecule has 0 fully saturated rings. The molecule has 0 bridgehead atoms. The van der Waals surface area contributed by atoms with Gasteiger partial charge in [-0.1, -0.05) is 20.8 Å². The third kappa shape index (κ3) is 6.36. The van der Waals surface area contributed by atoms with Crippen LogP contribution in [0.15, 0.2) is 0 Å². The molecule has 0 radical (unpaired) electrons. The fourth-order valence-electron chi connectivity index (χ4n) is 1.54. The molecule has 0 aromatic carbocycles. The fourth-order valence-corrected chi connectivity index (χ4v) is 1.54. The molecule has 18 heavy (non-hydrogen) atoms. The number of methoxy groups -OCH3 is 1. The van der Waals surface area contributed by atoms with Crippen LogP contribution >= 0.6 is 0 Å². The van der Waals surface area contributed by atoms with Gasteiger partial charge in [-0.05, 0) is 33.1 Å². The first kappa shape index (κ1) is 17.4. The molecular formula is C14H30N2O2. The van der Waals surface area contributed by atoms with E-state index < -0.39 is 0 Å². The van der Waals surface area contributed by atoms with Crippen LogP contribution < -0.4 is 10.6 Å². The van der Waals surface area contributed by atoms with Crippen LogP contribution in [0, 0.1) is 5.92 Å². The van der Waals surface area contributed by atoms with E-state index in [9.17, 15) is 4.79 Å². The van der Waals surface area contributed by atoms with Gasteiger partial charge in [0.05, 0.1) is 12.6 Å². The average Bonchev–Trinajstić information content (AvgIpc) is 2.27. The number of nitrogens with one attached hydrogen (secondary N) is 2. The first-order valence-electron chi connectivity index (χ1n) is 6.80. The Hall–Kier alpha value is -0.610. The van der Waals surface area contributed by atoms with Crippen molar-refractivity contribution in [3.63, 3.8) is 0 Å². The number of hydrogen-bond donors (Lipinski definition) is 2. The lowest BCUT2D eigenvalue weighted by Gasteiger charge is -2.29. The molecule has 1 amide bonds. The molecule has 0 saturated carbocycles. The SMILES string of the molecule is CCC(C)(C)NC(=O)C(C)NC(COC)C(C)C. The maximum atomic E-state index is 12.1. The average molecular weight is 258 g/mol. The lowest BCUT2D eigenvalue weighted by molar-refractivity contribution is -0.124. The summed E-state index contributed by atoms with van der Waals surface area (Å²) in [5.74, 6) is 0.475. The second-order valence-electron chi connectivity index (χ2n) is 5.92. The molecule has 4 nitrogen and oxygen atoms in total. The summed E-state index contributed by atoms with van der Waals surface area (Å²) in [7, 11) is 1.68. The van der Waals surface area contributed by atoms with Crippen LogP contribution in [0.25, 0.3) is 0 Å². The number of carbonyl (C=O) groups excluding carboxylic acids is 1. The monoisotopic (exact) mass is 258 g/mol. The molecule has 4 heteroatoms. The molecule has 108 valence electrons. The number of hydrogen-bond acceptors (Lipinski definition) is 3. The normalized spacial score (nSPS) is 15.6. The van der Waals surface area contributed by atoms with Crippen molar-refractivity contribution in [1.82, 2.24) is 10.6 Å². The second kappa shape index (κ2) is 7.74. The maximum absolute atomic E-state index is 12.1. The van der Waals surface area contributed by atoms with Crippen LogP contribution in [0.1, 0.15) is 48.0 Å². The van der Waals surface area contributed by atoms with E-state index in [1.165, 1.54) is 0 Å². The molecule has 2 unspecified atom stereocenters. The number of amides is 1. The topological polar surface area (TPSA) is 50.4 Å². The molecule has 0 aliphatic carbocycles. The van der Waals surface area contributed by atoms with Crippen molar-refractivity contribution in [2.45, 2.75) is 65.6 Å². The molecule has 0 heterocycles. The van der Waals surface area contributed by atoms with Gasteiger partial charge in [0.25, 0.3) is 0 Å². The third-order valence-corrected chi connectivity index (χ3v) is 3.35. The van der Waals surface area contributed by atoms with Crippen LogP contribution in [0.5, 0.6) is 0 Å². The lowest BCUT2D eigenvalue weighted by atomic mass is 10.0. The van der Waals surface area contributed by atoms with E-state index in [0.29, 0.717) is 12.5 Å². The minimum absolute atomic E-state index is 0.0450. The van der Waals surface area contributed by atoms with E-state index in [0.717, 1.165) is 6.42 Å². The lowest BCUT2D eigenvalue weighted by Crippen LogP contribution is -2.54. The van der Waals surface area contributed by atoms with Gasteiger partial charge in [0, 0.05) is 18.7 Å². The van der Waals surface area contributed by atoms with Crippen LogP contribution in [0.4, 0.5) is 0 Å². The highest BCUT2D eigenvalue weighted by molar-refractivity contribution is 5.82. The van der Waals surface area contributed by atoms with Gasteiger partial charge in [-0.15, -0.1) is 0 Å². The first-order valence-corrected chi connectivity index (χ1v) is 6.80. The summed E-state index contributed by atoms with van der Waals surface area (Å²) in [5.41, 5.74) is -0.151. The Balaban J connectivity index is 4.37. The highest BCUT2D eigenvalue weighted by Gasteiger charge is 2.24. The maximum Gasteiger partial charge on any atom is 0.237 e. The summed E-state index contributed by atoms with van der Waals surface area (Å²) in [6.07, 6.45) is 0.914. The number of ether oxygens (including phenoxy) is 1. The van der Waals surface area contributed by atoms with Crippen molar-refractivity contribution in [2.24, 2.45) is 5.92 Å². The van der Waals surface area contributed by atoms with Crippen LogP contribution in [-0.2, 0) is 9.53 Å². The van der Waals surface area contributed by atoms with Crippen LogP contribution in [0.3, 0.4) is 0 Å². The number of rotatable bonds is 8. The van der Waals surface area contributed by atoms with E-state index in [4.69, 9.17) is 4.74 Å². The van der Waals surface area contributed by atoms with Crippen LogP contribution in [0.2, 0.25) is 0 Å². The van der Waals surface area contributed by atoms with Crippen molar-refractivity contribution in [1.29, 1.82) is 0 Å². The predicted octanol–water partition coefficient (Wildman–Crippen LogP) is 1.94. The third-order valence-electron chi connectivity index (χ3n) is 3.35. The van der Waals surface area contributed by atoms with Gasteiger partial charge in [-0.3, -0.25) is 4.79 Å². The van der Waals surface area contributed by atoms with E-state index in [-0.39, 0.29) is 23.5 Å². The molecule has 0 aliphatic rings. The molecule has 2 N–H and O–H groups in total. The Kier molecular flexibility index (Phi) is 7.48. The van der Waals surface area contributed by atoms with Gasteiger partial charge >= 0.3 is 0 Å². The molecule has 0 saturated heterocycles. The van der Waals surface area contributed by atoms with Gasteiger partial charge in [0.15, 0.2) is 0 Å². The van der Waals surface area contributed by atoms with E-state index in [1.54, 1.807) is 7.11 Å². The Morgan fingerprint density at radius 1 is 1.28 bits per heavy atom. The van der Waals surface area contributed by atoms with Gasteiger partial charge in [-0.2, -0.15) is 0 Å². The molecule has 0 aliphatic heterocycles.